The monoisotopic (exact) mass is 508 g/mol. The number of rotatable bonds is 11. The molecule has 0 bridgehead atoms. The number of nitrogens with zero attached hydrogens (tertiary/aromatic N) is 6. The van der Waals surface area contributed by atoms with E-state index < -0.39 is 17.2 Å². The SMILES string of the molecule is C=C(c1ccc(C2=CCN=NN2COCCOC)cc1)C(O)(CN1C=NC=C=N1)c1ccc(F)cc1F. The number of hydrogen-bond acceptors (Lipinski definition) is 9. The molecule has 0 amide bonds. The normalized spacial score (nSPS) is 16.2. The molecular formula is C26H26F2N6O3. The van der Waals surface area contributed by atoms with Gasteiger partial charge in [-0.1, -0.05) is 36.1 Å². The summed E-state index contributed by atoms with van der Waals surface area (Å²) in [4.78, 5) is 3.94. The molecule has 0 radical (unpaired) electrons. The number of methoxy groups -OCH3 is 1. The number of benzene rings is 2. The fourth-order valence-electron chi connectivity index (χ4n) is 3.88. The number of hydrogen-bond donors (Lipinski definition) is 1. The second-order valence-electron chi connectivity index (χ2n) is 8.19. The molecule has 1 atom stereocenters. The van der Waals surface area contributed by atoms with Crippen molar-refractivity contribution in [2.45, 2.75) is 5.60 Å². The quantitative estimate of drug-likeness (QED) is 0.464. The summed E-state index contributed by atoms with van der Waals surface area (Å²) in [6, 6.07) is 10.2. The third kappa shape index (κ3) is 6.04. The minimum Gasteiger partial charge on any atom is -0.382 e. The van der Waals surface area contributed by atoms with Crippen LogP contribution in [-0.2, 0) is 15.1 Å². The van der Waals surface area contributed by atoms with Crippen LogP contribution in [0.5, 0.6) is 0 Å². The molecule has 2 heterocycles. The predicted octanol–water partition coefficient (Wildman–Crippen LogP) is 3.95. The van der Waals surface area contributed by atoms with Gasteiger partial charge in [0.2, 0.25) is 0 Å². The minimum absolute atomic E-state index is 0.143. The van der Waals surface area contributed by atoms with Crippen LogP contribution in [0.4, 0.5) is 8.78 Å². The van der Waals surface area contributed by atoms with Crippen molar-refractivity contribution in [3.8, 4) is 0 Å². The fraction of sp³-hybridized carbons (Fsp3) is 0.269. The van der Waals surface area contributed by atoms with Crippen molar-refractivity contribution in [1.29, 1.82) is 0 Å². The van der Waals surface area contributed by atoms with E-state index in [1.165, 1.54) is 23.6 Å². The first-order valence-corrected chi connectivity index (χ1v) is 11.4. The van der Waals surface area contributed by atoms with E-state index in [-0.39, 0.29) is 24.4 Å². The first-order valence-electron chi connectivity index (χ1n) is 11.4. The highest BCUT2D eigenvalue weighted by Crippen LogP contribution is 2.38. The maximum absolute atomic E-state index is 14.9. The van der Waals surface area contributed by atoms with Crippen molar-refractivity contribution in [3.63, 3.8) is 0 Å². The molecule has 37 heavy (non-hydrogen) atoms. The van der Waals surface area contributed by atoms with E-state index in [4.69, 9.17) is 9.47 Å². The van der Waals surface area contributed by atoms with Gasteiger partial charge in [-0.15, -0.1) is 5.10 Å². The molecule has 192 valence electrons. The summed E-state index contributed by atoms with van der Waals surface area (Å²) in [7, 11) is 1.60. The molecule has 0 fully saturated rings. The average molecular weight is 509 g/mol. The number of hydrazone groups is 1. The molecule has 11 heteroatoms. The van der Waals surface area contributed by atoms with Crippen LogP contribution < -0.4 is 0 Å². The summed E-state index contributed by atoms with van der Waals surface area (Å²) in [5, 5.41) is 26.9. The van der Waals surface area contributed by atoms with Gasteiger partial charge in [-0.3, -0.25) is 0 Å². The Morgan fingerprint density at radius 3 is 2.70 bits per heavy atom. The largest absolute Gasteiger partial charge is 0.382 e. The van der Waals surface area contributed by atoms with Crippen molar-refractivity contribution >= 4 is 23.5 Å². The molecule has 4 rings (SSSR count). The molecule has 0 saturated heterocycles. The number of aliphatic imine (C=N–C) groups is 1. The van der Waals surface area contributed by atoms with Crippen LogP contribution in [0.25, 0.3) is 11.3 Å². The minimum atomic E-state index is -1.96. The zero-order valence-electron chi connectivity index (χ0n) is 20.2. The lowest BCUT2D eigenvalue weighted by atomic mass is 9.82. The van der Waals surface area contributed by atoms with Gasteiger partial charge >= 0.3 is 0 Å². The lowest BCUT2D eigenvalue weighted by Gasteiger charge is -2.34. The average Bonchev–Trinajstić information content (AvgIpc) is 2.91. The van der Waals surface area contributed by atoms with Gasteiger partial charge in [0, 0.05) is 24.6 Å². The Labute approximate surface area is 213 Å². The maximum Gasteiger partial charge on any atom is 0.141 e. The maximum atomic E-state index is 14.9. The molecule has 0 aliphatic carbocycles. The van der Waals surface area contributed by atoms with Gasteiger partial charge in [0.25, 0.3) is 0 Å². The number of halogens is 2. The summed E-state index contributed by atoms with van der Waals surface area (Å²) >= 11 is 0. The van der Waals surface area contributed by atoms with Crippen LogP contribution in [0, 0.1) is 11.6 Å². The van der Waals surface area contributed by atoms with Gasteiger partial charge < -0.3 is 14.6 Å². The molecule has 2 aliphatic rings. The first-order chi connectivity index (χ1) is 17.9. The van der Waals surface area contributed by atoms with Gasteiger partial charge in [-0.25, -0.2) is 23.8 Å². The molecule has 0 aromatic heterocycles. The summed E-state index contributed by atoms with van der Waals surface area (Å²) in [5.74, 6) is 0.906. The zero-order valence-corrected chi connectivity index (χ0v) is 20.2. The standard InChI is InChI=1S/C26H26F2N6O3/c1-19(26(35,16-33-17-29-11-12-31-33)23-8-7-22(27)15-24(23)28)20-3-5-21(6-4-20)25-9-10-30-32-34(25)18-37-14-13-36-2/h3-9,11,15,17,35H,1,10,13-14,16,18H2,2H3. The van der Waals surface area contributed by atoms with Crippen molar-refractivity contribution in [3.05, 3.63) is 89.6 Å². The van der Waals surface area contributed by atoms with E-state index >= 15 is 0 Å². The van der Waals surface area contributed by atoms with E-state index in [1.54, 1.807) is 24.3 Å². The Kier molecular flexibility index (Phi) is 8.32. The van der Waals surface area contributed by atoms with Gasteiger partial charge in [0.1, 0.15) is 30.3 Å². The number of ether oxygens (including phenoxy) is 2. The van der Waals surface area contributed by atoms with E-state index in [1.807, 2.05) is 18.2 Å². The molecule has 2 aliphatic heterocycles. The first kappa shape index (κ1) is 26.1. The summed E-state index contributed by atoms with van der Waals surface area (Å²) in [5.41, 5.74) is 0.267. The van der Waals surface area contributed by atoms with Crippen LogP contribution in [0.3, 0.4) is 0 Å². The third-order valence-corrected chi connectivity index (χ3v) is 5.78. The lowest BCUT2D eigenvalue weighted by Crippen LogP contribution is -2.40. The zero-order chi connectivity index (χ0) is 26.3. The molecule has 9 nitrogen and oxygen atoms in total. The second kappa shape index (κ2) is 11.8. The van der Waals surface area contributed by atoms with Crippen LogP contribution in [0.1, 0.15) is 16.7 Å². The van der Waals surface area contributed by atoms with Gasteiger partial charge in [-0.2, -0.15) is 5.11 Å². The molecule has 1 N–H and O–H groups in total. The number of aliphatic hydroxyl groups is 1. The Morgan fingerprint density at radius 2 is 2.00 bits per heavy atom. The Balaban J connectivity index is 1.60. The lowest BCUT2D eigenvalue weighted by molar-refractivity contribution is 0.0224. The Hall–Kier alpha value is -4.02. The highest BCUT2D eigenvalue weighted by Gasteiger charge is 2.38. The van der Waals surface area contributed by atoms with Crippen molar-refractivity contribution in [2.75, 3.05) is 40.1 Å². The molecule has 0 spiro atoms. The molecular weight excluding hydrogens is 482 g/mol. The molecule has 1 unspecified atom stereocenters. The van der Waals surface area contributed by atoms with Gasteiger partial charge in [0.15, 0.2) is 0 Å². The van der Waals surface area contributed by atoms with Crippen LogP contribution in [-0.4, -0.2) is 67.5 Å². The smallest absolute Gasteiger partial charge is 0.141 e. The summed E-state index contributed by atoms with van der Waals surface area (Å²) < 4.78 is 39.1. The van der Waals surface area contributed by atoms with Gasteiger partial charge in [-0.05, 0) is 34.9 Å². The van der Waals surface area contributed by atoms with Crippen LogP contribution in [0.2, 0.25) is 0 Å². The van der Waals surface area contributed by atoms with E-state index in [0.717, 1.165) is 23.4 Å². The van der Waals surface area contributed by atoms with Crippen LogP contribution >= 0.6 is 0 Å². The second-order valence-corrected chi connectivity index (χ2v) is 8.19. The van der Waals surface area contributed by atoms with Crippen molar-refractivity contribution in [2.24, 2.45) is 20.4 Å². The highest BCUT2D eigenvalue weighted by molar-refractivity contribution is 5.75. The molecule has 0 saturated carbocycles. The Morgan fingerprint density at radius 1 is 1.19 bits per heavy atom. The predicted molar refractivity (Wildman–Crippen MR) is 135 cm³/mol. The molecule has 2 aromatic carbocycles. The van der Waals surface area contributed by atoms with E-state index in [2.05, 4.69) is 32.9 Å². The van der Waals surface area contributed by atoms with E-state index in [9.17, 15) is 13.9 Å². The van der Waals surface area contributed by atoms with Crippen molar-refractivity contribution in [1.82, 2.24) is 10.0 Å². The third-order valence-electron chi connectivity index (χ3n) is 5.78. The highest BCUT2D eigenvalue weighted by atomic mass is 19.1. The summed E-state index contributed by atoms with van der Waals surface area (Å²) in [6.45, 7) is 5.35. The van der Waals surface area contributed by atoms with Crippen molar-refractivity contribution < 1.29 is 23.4 Å². The number of β-amino-alcohol motifs (C(OH)–C–C–N with tert-alkyl or cyclic N) is 1. The van der Waals surface area contributed by atoms with E-state index in [0.29, 0.717) is 25.3 Å². The Bertz CT molecular complexity index is 1290. The topological polar surface area (TPSA) is 94.6 Å². The van der Waals surface area contributed by atoms with Gasteiger partial charge in [0.05, 0.1) is 38.2 Å². The molecule has 2 aromatic rings. The fourth-order valence-corrected chi connectivity index (χ4v) is 3.88. The summed E-state index contributed by atoms with van der Waals surface area (Å²) in [6.07, 6.45) is 4.64. The van der Waals surface area contributed by atoms with Crippen LogP contribution in [0.15, 0.2) is 81.8 Å².